The van der Waals surface area contributed by atoms with Crippen LogP contribution in [-0.4, -0.2) is 10.5 Å². The van der Waals surface area contributed by atoms with Gasteiger partial charge in [-0.15, -0.1) is 0 Å². The molecule has 0 bridgehead atoms. The number of allylic oxidation sites excluding steroid dienone is 1. The quantitative estimate of drug-likeness (QED) is 0.843. The van der Waals surface area contributed by atoms with Crippen LogP contribution in [0, 0.1) is 6.92 Å². The maximum atomic E-state index is 4.68. The topological polar surface area (TPSA) is 37.0 Å². The third-order valence-corrected chi connectivity index (χ3v) is 2.85. The first-order chi connectivity index (χ1) is 8.90. The van der Waals surface area contributed by atoms with Gasteiger partial charge in [0.25, 0.3) is 0 Å². The van der Waals surface area contributed by atoms with Gasteiger partial charge in [0.15, 0.2) is 0 Å². The number of nitrogens with one attached hydrogen (secondary N) is 2. The van der Waals surface area contributed by atoms with Gasteiger partial charge < -0.3 is 10.6 Å². The Hall–Kier alpha value is -1.77. The normalized spacial score (nSPS) is 16.2. The predicted molar refractivity (Wildman–Crippen MR) is 82.8 cm³/mol. The van der Waals surface area contributed by atoms with Crippen molar-refractivity contribution >= 4 is 17.6 Å². The molecule has 3 heteroatoms. The maximum absolute atomic E-state index is 4.68. The molecule has 3 nitrogen and oxygen atoms in total. The number of anilines is 1. The first-order valence-corrected chi connectivity index (χ1v) is 6.84. The van der Waals surface area contributed by atoms with Gasteiger partial charge in [-0.05, 0) is 51.8 Å². The third-order valence-electron chi connectivity index (χ3n) is 2.85. The molecule has 19 heavy (non-hydrogen) atoms. The van der Waals surface area contributed by atoms with Gasteiger partial charge in [-0.2, -0.15) is 0 Å². The number of hydrogen-bond acceptors (Lipinski definition) is 3. The summed E-state index contributed by atoms with van der Waals surface area (Å²) in [6.07, 6.45) is 7.29. The summed E-state index contributed by atoms with van der Waals surface area (Å²) in [5, 5.41) is 6.84. The Morgan fingerprint density at radius 1 is 1.37 bits per heavy atom. The summed E-state index contributed by atoms with van der Waals surface area (Å²) >= 11 is 0. The molecule has 0 spiro atoms. The fourth-order valence-electron chi connectivity index (χ4n) is 2.22. The van der Waals surface area contributed by atoms with Crippen molar-refractivity contribution in [1.29, 1.82) is 0 Å². The first-order valence-electron chi connectivity index (χ1n) is 6.84. The zero-order chi connectivity index (χ0) is 14.0. The molecule has 0 amide bonds. The molecular weight excluding hydrogens is 234 g/mol. The molecule has 0 radical (unpaired) electrons. The molecule has 0 saturated heterocycles. The number of fused-ring (bicyclic) bond motifs is 1. The minimum absolute atomic E-state index is 0.00690. The Morgan fingerprint density at radius 3 is 2.74 bits per heavy atom. The van der Waals surface area contributed by atoms with Gasteiger partial charge in [0.2, 0.25) is 0 Å². The Balaban J connectivity index is 2.57. The molecule has 0 atom stereocenters. The average molecular weight is 257 g/mol. The van der Waals surface area contributed by atoms with E-state index in [2.05, 4.69) is 61.5 Å². The highest BCUT2D eigenvalue weighted by Crippen LogP contribution is 2.31. The second kappa shape index (κ2) is 5.08. The van der Waals surface area contributed by atoms with Crippen molar-refractivity contribution in [2.24, 2.45) is 0 Å². The van der Waals surface area contributed by atoms with Crippen molar-refractivity contribution in [3.63, 3.8) is 0 Å². The van der Waals surface area contributed by atoms with Gasteiger partial charge in [0.05, 0.1) is 0 Å². The molecule has 102 valence electrons. The van der Waals surface area contributed by atoms with Crippen molar-refractivity contribution in [1.82, 2.24) is 10.3 Å². The number of rotatable bonds is 2. The van der Waals surface area contributed by atoms with Gasteiger partial charge in [0, 0.05) is 28.7 Å². The average Bonchev–Trinajstić information content (AvgIpc) is 2.26. The van der Waals surface area contributed by atoms with E-state index in [1.54, 1.807) is 0 Å². The zero-order valence-corrected chi connectivity index (χ0v) is 12.5. The van der Waals surface area contributed by atoms with Crippen molar-refractivity contribution in [2.75, 3.05) is 5.32 Å². The van der Waals surface area contributed by atoms with Crippen LogP contribution in [0.25, 0.3) is 11.8 Å². The van der Waals surface area contributed by atoms with Crippen molar-refractivity contribution < 1.29 is 0 Å². The van der Waals surface area contributed by atoms with E-state index in [9.17, 15) is 0 Å². The summed E-state index contributed by atoms with van der Waals surface area (Å²) in [5.74, 6) is 0.957. The molecule has 2 N–H and O–H groups in total. The van der Waals surface area contributed by atoms with E-state index in [4.69, 9.17) is 0 Å². The van der Waals surface area contributed by atoms with Crippen LogP contribution in [0.15, 0.2) is 18.3 Å². The molecule has 0 unspecified atom stereocenters. The van der Waals surface area contributed by atoms with E-state index in [1.165, 1.54) is 11.1 Å². The van der Waals surface area contributed by atoms with Gasteiger partial charge in [-0.3, -0.25) is 0 Å². The lowest BCUT2D eigenvalue weighted by molar-refractivity contribution is 0.629. The summed E-state index contributed by atoms with van der Waals surface area (Å²) in [7, 11) is 0. The van der Waals surface area contributed by atoms with Crippen LogP contribution in [0.2, 0.25) is 0 Å². The minimum atomic E-state index is -0.00690. The van der Waals surface area contributed by atoms with Crippen LogP contribution in [0.3, 0.4) is 0 Å². The van der Waals surface area contributed by atoms with Gasteiger partial charge in [-0.1, -0.05) is 13.0 Å². The molecule has 1 aliphatic heterocycles. The summed E-state index contributed by atoms with van der Waals surface area (Å²) in [6, 6.07) is 2.13. The van der Waals surface area contributed by atoms with Crippen molar-refractivity contribution in [2.45, 2.75) is 46.6 Å². The lowest BCUT2D eigenvalue weighted by Gasteiger charge is -2.26. The second-order valence-electron chi connectivity index (χ2n) is 5.96. The fourth-order valence-corrected chi connectivity index (χ4v) is 2.22. The Bertz CT molecular complexity index is 534. The van der Waals surface area contributed by atoms with Crippen molar-refractivity contribution in [3.8, 4) is 0 Å². The van der Waals surface area contributed by atoms with Gasteiger partial charge in [-0.25, -0.2) is 4.98 Å². The Kier molecular flexibility index (Phi) is 3.65. The molecule has 1 aromatic heterocycles. The number of nitrogens with zero attached hydrogens (tertiary/aromatic N) is 1. The number of pyridine rings is 1. The maximum Gasteiger partial charge on any atom is 0.136 e. The van der Waals surface area contributed by atoms with E-state index in [-0.39, 0.29) is 5.54 Å². The van der Waals surface area contributed by atoms with Crippen LogP contribution >= 0.6 is 0 Å². The lowest BCUT2D eigenvalue weighted by Crippen LogP contribution is -2.28. The molecule has 0 saturated carbocycles. The highest BCUT2D eigenvalue weighted by Gasteiger charge is 2.20. The van der Waals surface area contributed by atoms with Crippen LogP contribution in [0.1, 0.15) is 50.9 Å². The van der Waals surface area contributed by atoms with E-state index >= 15 is 0 Å². The number of aromatic nitrogens is 1. The standard InChI is InChI=1S/C16H23N3/c1-6-7-13-14-12(8-9-17-13)10-11(2)18-15(14)19-16(3,4)5/h7-10,17H,6H2,1-5H3,(H,18,19)/b13-7-. The summed E-state index contributed by atoms with van der Waals surface area (Å²) in [6.45, 7) is 10.6. The van der Waals surface area contributed by atoms with Crippen molar-refractivity contribution in [3.05, 3.63) is 35.2 Å². The Labute approximate surface area is 115 Å². The van der Waals surface area contributed by atoms with E-state index < -0.39 is 0 Å². The van der Waals surface area contributed by atoms with E-state index in [0.29, 0.717) is 0 Å². The second-order valence-corrected chi connectivity index (χ2v) is 5.96. The molecule has 1 aromatic rings. The largest absolute Gasteiger partial charge is 0.365 e. The predicted octanol–water partition coefficient (Wildman–Crippen LogP) is 3.93. The zero-order valence-electron chi connectivity index (χ0n) is 12.5. The molecule has 2 heterocycles. The third kappa shape index (κ3) is 3.16. The molecule has 2 rings (SSSR count). The SMILES string of the molecule is CC/C=C1\NC=Cc2cc(C)nc(NC(C)(C)C)c21. The lowest BCUT2D eigenvalue weighted by atomic mass is 9.99. The highest BCUT2D eigenvalue weighted by atomic mass is 15.1. The van der Waals surface area contributed by atoms with E-state index in [1.807, 2.05) is 13.1 Å². The Morgan fingerprint density at radius 2 is 2.11 bits per heavy atom. The minimum Gasteiger partial charge on any atom is -0.365 e. The molecule has 0 aromatic carbocycles. The molecule has 0 aliphatic carbocycles. The summed E-state index contributed by atoms with van der Waals surface area (Å²) < 4.78 is 0. The molecule has 1 aliphatic rings. The van der Waals surface area contributed by atoms with Crippen LogP contribution in [0.4, 0.5) is 5.82 Å². The summed E-state index contributed by atoms with van der Waals surface area (Å²) in [4.78, 5) is 4.68. The fraction of sp³-hybridized carbons (Fsp3) is 0.438. The highest BCUT2D eigenvalue weighted by molar-refractivity contribution is 5.84. The van der Waals surface area contributed by atoms with Crippen LogP contribution in [-0.2, 0) is 0 Å². The number of hydrogen-bond donors (Lipinski definition) is 2. The van der Waals surface area contributed by atoms with Crippen LogP contribution < -0.4 is 10.6 Å². The first kappa shape index (κ1) is 13.7. The van der Waals surface area contributed by atoms with Gasteiger partial charge >= 0.3 is 0 Å². The smallest absolute Gasteiger partial charge is 0.136 e. The summed E-state index contributed by atoms with van der Waals surface area (Å²) in [5.41, 5.74) is 4.56. The number of aryl methyl sites for hydroxylation is 1. The van der Waals surface area contributed by atoms with Gasteiger partial charge in [0.1, 0.15) is 5.82 Å². The monoisotopic (exact) mass is 257 g/mol. The van der Waals surface area contributed by atoms with Crippen LogP contribution in [0.5, 0.6) is 0 Å². The molecule has 0 fully saturated rings. The molecular formula is C16H23N3. The van der Waals surface area contributed by atoms with E-state index in [0.717, 1.165) is 23.6 Å².